The Labute approximate surface area is 138 Å². The first-order valence-corrected chi connectivity index (χ1v) is 8.19. The zero-order chi connectivity index (χ0) is 15.1. The van der Waals surface area contributed by atoms with Crippen LogP contribution in [0.4, 0.5) is 10.8 Å². The molecule has 0 spiro atoms. The van der Waals surface area contributed by atoms with Crippen LogP contribution >= 0.6 is 27.5 Å². The molecule has 0 radical (unpaired) electrons. The van der Waals surface area contributed by atoms with Crippen LogP contribution < -0.4 is 16.2 Å². The molecular formula is C13H12BrN7S. The molecule has 0 aliphatic carbocycles. The zero-order valence-corrected chi connectivity index (χ0v) is 14.0. The van der Waals surface area contributed by atoms with Gasteiger partial charge in [-0.25, -0.2) is 15.4 Å². The summed E-state index contributed by atoms with van der Waals surface area (Å²) in [5, 5.41) is 4.23. The predicted octanol–water partition coefficient (Wildman–Crippen LogP) is 2.45. The summed E-state index contributed by atoms with van der Waals surface area (Å²) in [7, 11) is 0. The molecule has 22 heavy (non-hydrogen) atoms. The number of nitrogens with zero attached hydrogens (tertiary/aromatic N) is 4. The quantitative estimate of drug-likeness (QED) is 0.650. The van der Waals surface area contributed by atoms with Crippen LogP contribution in [0, 0.1) is 6.92 Å². The number of hydrogen-bond acceptors (Lipinski definition) is 7. The number of aryl methyl sites for hydroxylation is 1. The Balaban J connectivity index is 1.77. The van der Waals surface area contributed by atoms with Gasteiger partial charge in [-0.05, 0) is 34.4 Å². The van der Waals surface area contributed by atoms with Gasteiger partial charge in [-0.2, -0.15) is 4.37 Å². The molecule has 4 rings (SSSR count). The maximum absolute atomic E-state index is 4.51. The van der Waals surface area contributed by atoms with Gasteiger partial charge in [-0.3, -0.25) is 4.40 Å². The molecule has 0 unspecified atom stereocenters. The molecule has 0 atom stereocenters. The third-order valence-electron chi connectivity index (χ3n) is 3.41. The van der Waals surface area contributed by atoms with Gasteiger partial charge in [0.2, 0.25) is 0 Å². The van der Waals surface area contributed by atoms with Gasteiger partial charge >= 0.3 is 0 Å². The lowest BCUT2D eigenvalue weighted by Gasteiger charge is -2.06. The molecule has 0 fully saturated rings. The van der Waals surface area contributed by atoms with Crippen molar-refractivity contribution >= 4 is 49.5 Å². The highest BCUT2D eigenvalue weighted by atomic mass is 79.9. The SMILES string of the molecule is Cc1nsc(Nc2nccn3c(C4=CNNC4)cnc23)c1Br. The number of rotatable bonds is 3. The predicted molar refractivity (Wildman–Crippen MR) is 89.9 cm³/mol. The number of nitrogens with one attached hydrogen (secondary N) is 3. The van der Waals surface area contributed by atoms with Crippen molar-refractivity contribution < 1.29 is 0 Å². The van der Waals surface area contributed by atoms with Gasteiger partial charge in [-0.1, -0.05) is 0 Å². The second-order valence-corrected chi connectivity index (χ2v) is 6.38. The standard InChI is InChI=1S/C13H12BrN7S/c1-7-10(14)13(22-20-7)19-11-12-16-6-9(8-4-17-18-5-8)21(12)3-2-15-11/h2-4,6,17-18H,5H2,1H3,(H,15,19). The molecule has 0 aromatic carbocycles. The lowest BCUT2D eigenvalue weighted by molar-refractivity contribution is 0.729. The van der Waals surface area contributed by atoms with E-state index in [1.807, 2.05) is 29.9 Å². The molecule has 0 saturated carbocycles. The van der Waals surface area contributed by atoms with Crippen LogP contribution in [0.15, 0.2) is 29.3 Å². The summed E-state index contributed by atoms with van der Waals surface area (Å²) in [6, 6.07) is 0. The minimum atomic E-state index is 0.706. The second-order valence-electron chi connectivity index (χ2n) is 4.82. The van der Waals surface area contributed by atoms with Gasteiger partial charge in [0.05, 0.1) is 22.1 Å². The van der Waals surface area contributed by atoms with E-state index in [2.05, 4.69) is 46.4 Å². The van der Waals surface area contributed by atoms with E-state index in [1.54, 1.807) is 6.20 Å². The maximum Gasteiger partial charge on any atom is 0.180 e. The van der Waals surface area contributed by atoms with Crippen LogP contribution in [0.25, 0.3) is 11.2 Å². The van der Waals surface area contributed by atoms with E-state index < -0.39 is 0 Å². The number of hydrazine groups is 1. The summed E-state index contributed by atoms with van der Waals surface area (Å²) in [6.07, 6.45) is 7.48. The third-order valence-corrected chi connectivity index (χ3v) is 5.49. The van der Waals surface area contributed by atoms with Crippen LogP contribution in [-0.2, 0) is 0 Å². The Hall–Kier alpha value is -1.97. The molecule has 4 heterocycles. The summed E-state index contributed by atoms with van der Waals surface area (Å²) < 4.78 is 7.30. The first kappa shape index (κ1) is 13.7. The zero-order valence-electron chi connectivity index (χ0n) is 11.6. The topological polar surface area (TPSA) is 79.2 Å². The van der Waals surface area contributed by atoms with Gasteiger partial charge in [-0.15, -0.1) is 0 Å². The van der Waals surface area contributed by atoms with Gasteiger partial charge in [0, 0.05) is 30.7 Å². The number of aromatic nitrogens is 4. The highest BCUT2D eigenvalue weighted by Gasteiger charge is 2.16. The van der Waals surface area contributed by atoms with E-state index in [4.69, 9.17) is 0 Å². The smallest absolute Gasteiger partial charge is 0.180 e. The summed E-state index contributed by atoms with van der Waals surface area (Å²) in [6.45, 7) is 2.72. The summed E-state index contributed by atoms with van der Waals surface area (Å²) in [5.41, 5.74) is 9.98. The molecule has 3 N–H and O–H groups in total. The Bertz CT molecular complexity index is 882. The fourth-order valence-electron chi connectivity index (χ4n) is 2.29. The van der Waals surface area contributed by atoms with Gasteiger partial charge in [0.15, 0.2) is 11.5 Å². The molecule has 3 aromatic heterocycles. The lowest BCUT2D eigenvalue weighted by atomic mass is 10.2. The van der Waals surface area contributed by atoms with E-state index in [9.17, 15) is 0 Å². The van der Waals surface area contributed by atoms with E-state index in [-0.39, 0.29) is 0 Å². The van der Waals surface area contributed by atoms with E-state index in [1.165, 1.54) is 11.5 Å². The van der Waals surface area contributed by atoms with Crippen LogP contribution in [0.1, 0.15) is 11.4 Å². The first-order chi connectivity index (χ1) is 10.7. The van der Waals surface area contributed by atoms with Crippen LogP contribution in [-0.4, -0.2) is 25.3 Å². The lowest BCUT2D eigenvalue weighted by Crippen LogP contribution is -2.20. The molecule has 112 valence electrons. The third kappa shape index (κ3) is 2.18. The fourth-order valence-corrected chi connectivity index (χ4v) is 3.50. The van der Waals surface area contributed by atoms with Crippen LogP contribution in [0.5, 0.6) is 0 Å². The Kier molecular flexibility index (Phi) is 3.32. The van der Waals surface area contributed by atoms with Crippen molar-refractivity contribution in [1.82, 2.24) is 29.6 Å². The van der Waals surface area contributed by atoms with Crippen molar-refractivity contribution in [1.29, 1.82) is 0 Å². The summed E-state index contributed by atoms with van der Waals surface area (Å²) in [5.74, 6) is 0.706. The summed E-state index contributed by atoms with van der Waals surface area (Å²) in [4.78, 5) is 8.91. The van der Waals surface area contributed by atoms with Gasteiger partial charge in [0.1, 0.15) is 5.00 Å². The number of fused-ring (bicyclic) bond motifs is 1. The highest BCUT2D eigenvalue weighted by Crippen LogP contribution is 2.33. The molecule has 1 aliphatic rings. The minimum absolute atomic E-state index is 0.706. The van der Waals surface area contributed by atoms with Gasteiger partial charge in [0.25, 0.3) is 0 Å². The van der Waals surface area contributed by atoms with Crippen molar-refractivity contribution in [3.05, 3.63) is 40.7 Å². The van der Waals surface area contributed by atoms with E-state index >= 15 is 0 Å². The Morgan fingerprint density at radius 2 is 2.32 bits per heavy atom. The fraction of sp³-hybridized carbons (Fsp3) is 0.154. The van der Waals surface area contributed by atoms with E-state index in [0.717, 1.165) is 38.6 Å². The number of halogens is 1. The highest BCUT2D eigenvalue weighted by molar-refractivity contribution is 9.10. The van der Waals surface area contributed by atoms with Crippen LogP contribution in [0.3, 0.4) is 0 Å². The van der Waals surface area contributed by atoms with Crippen molar-refractivity contribution in [3.8, 4) is 0 Å². The molecule has 7 nitrogen and oxygen atoms in total. The van der Waals surface area contributed by atoms with Crippen molar-refractivity contribution in [2.24, 2.45) is 0 Å². The Morgan fingerprint density at radius 3 is 3.05 bits per heavy atom. The second kappa shape index (κ2) is 5.34. The van der Waals surface area contributed by atoms with Gasteiger partial charge < -0.3 is 10.7 Å². The normalized spacial score (nSPS) is 14.2. The monoisotopic (exact) mass is 377 g/mol. The largest absolute Gasteiger partial charge is 0.328 e. The average Bonchev–Trinajstić information content (AvgIpc) is 3.23. The molecule has 0 bridgehead atoms. The number of hydrogen-bond donors (Lipinski definition) is 3. The first-order valence-electron chi connectivity index (χ1n) is 6.62. The molecular weight excluding hydrogens is 366 g/mol. The van der Waals surface area contributed by atoms with Crippen LogP contribution in [0.2, 0.25) is 0 Å². The van der Waals surface area contributed by atoms with E-state index in [0.29, 0.717) is 5.82 Å². The molecule has 1 aliphatic heterocycles. The maximum atomic E-state index is 4.51. The summed E-state index contributed by atoms with van der Waals surface area (Å²) >= 11 is 4.93. The number of anilines is 2. The van der Waals surface area contributed by atoms with Crippen molar-refractivity contribution in [2.45, 2.75) is 6.92 Å². The molecule has 0 amide bonds. The molecule has 3 aromatic rings. The average molecular weight is 378 g/mol. The minimum Gasteiger partial charge on any atom is -0.328 e. The molecule has 0 saturated heterocycles. The Morgan fingerprint density at radius 1 is 1.41 bits per heavy atom. The number of imidazole rings is 1. The van der Waals surface area contributed by atoms with Crippen molar-refractivity contribution in [2.75, 3.05) is 11.9 Å². The van der Waals surface area contributed by atoms with Crippen molar-refractivity contribution in [3.63, 3.8) is 0 Å². The molecule has 9 heteroatoms.